The van der Waals surface area contributed by atoms with Crippen molar-refractivity contribution >= 4 is 11.3 Å². The molecule has 17 heavy (non-hydrogen) atoms. The average Bonchev–Trinajstić information content (AvgIpc) is 2.94. The van der Waals surface area contributed by atoms with Crippen LogP contribution in [0.5, 0.6) is 0 Å². The van der Waals surface area contributed by atoms with Gasteiger partial charge in [-0.15, -0.1) is 11.3 Å². The smallest absolute Gasteiger partial charge is 0.0386 e. The van der Waals surface area contributed by atoms with Crippen LogP contribution in [0.1, 0.15) is 36.1 Å². The Bertz CT molecular complexity index is 348. The maximum Gasteiger partial charge on any atom is 0.0386 e. The van der Waals surface area contributed by atoms with Crippen molar-refractivity contribution < 1.29 is 0 Å². The monoisotopic (exact) mass is 252 g/mol. The molecule has 1 aliphatic rings. The Labute approximate surface area is 109 Å². The lowest BCUT2D eigenvalue weighted by atomic mass is 10.1. The molecule has 1 aliphatic heterocycles. The normalized spacial score (nSPS) is 23.1. The predicted octanol–water partition coefficient (Wildman–Crippen LogP) is 2.91. The maximum atomic E-state index is 3.68. The molecular weight excluding hydrogens is 228 g/mol. The lowest BCUT2D eigenvalue weighted by Gasteiger charge is -2.16. The molecule has 1 saturated heterocycles. The molecule has 0 spiro atoms. The Morgan fingerprint density at radius 3 is 2.94 bits per heavy atom. The molecule has 0 saturated carbocycles. The van der Waals surface area contributed by atoms with Gasteiger partial charge in [0.15, 0.2) is 0 Å². The van der Waals surface area contributed by atoms with Crippen molar-refractivity contribution in [3.05, 3.63) is 21.9 Å². The van der Waals surface area contributed by atoms with Gasteiger partial charge in [0.25, 0.3) is 0 Å². The Balaban J connectivity index is 1.78. The molecule has 2 rings (SSSR count). The van der Waals surface area contributed by atoms with Crippen molar-refractivity contribution in [2.45, 2.75) is 32.7 Å². The maximum absolute atomic E-state index is 3.68. The van der Waals surface area contributed by atoms with Crippen LogP contribution in [0, 0.1) is 5.92 Å². The van der Waals surface area contributed by atoms with Gasteiger partial charge in [0.2, 0.25) is 0 Å². The van der Waals surface area contributed by atoms with Crippen molar-refractivity contribution in [2.75, 3.05) is 26.7 Å². The fourth-order valence-electron chi connectivity index (χ4n) is 2.45. The minimum Gasteiger partial charge on any atom is -0.309 e. The van der Waals surface area contributed by atoms with Gasteiger partial charge < -0.3 is 10.2 Å². The molecule has 0 aliphatic carbocycles. The number of hydrogen-bond acceptors (Lipinski definition) is 3. The molecule has 1 fully saturated rings. The number of aryl methyl sites for hydroxylation is 1. The van der Waals surface area contributed by atoms with Gasteiger partial charge in [-0.3, -0.25) is 0 Å². The van der Waals surface area contributed by atoms with E-state index in [1.807, 2.05) is 11.3 Å². The van der Waals surface area contributed by atoms with Crippen LogP contribution in [0.3, 0.4) is 0 Å². The van der Waals surface area contributed by atoms with E-state index in [4.69, 9.17) is 0 Å². The van der Waals surface area contributed by atoms with E-state index < -0.39 is 0 Å². The largest absolute Gasteiger partial charge is 0.309 e. The van der Waals surface area contributed by atoms with E-state index >= 15 is 0 Å². The van der Waals surface area contributed by atoms with Crippen LogP contribution in [0.15, 0.2) is 12.1 Å². The number of nitrogens with one attached hydrogen (secondary N) is 1. The van der Waals surface area contributed by atoms with E-state index in [0.717, 1.165) is 18.9 Å². The van der Waals surface area contributed by atoms with Gasteiger partial charge in [-0.2, -0.15) is 0 Å². The SMILES string of the molecule is CCc1ccc(C(C)NCC2CCN(C)C2)s1. The third kappa shape index (κ3) is 3.54. The number of thiophene rings is 1. The van der Waals surface area contributed by atoms with Gasteiger partial charge >= 0.3 is 0 Å². The van der Waals surface area contributed by atoms with E-state index in [-0.39, 0.29) is 0 Å². The Hall–Kier alpha value is -0.380. The van der Waals surface area contributed by atoms with E-state index in [1.54, 1.807) is 0 Å². The van der Waals surface area contributed by atoms with Gasteiger partial charge in [0.05, 0.1) is 0 Å². The topological polar surface area (TPSA) is 15.3 Å². The number of rotatable bonds is 5. The summed E-state index contributed by atoms with van der Waals surface area (Å²) in [5.74, 6) is 0.841. The van der Waals surface area contributed by atoms with E-state index in [9.17, 15) is 0 Å². The van der Waals surface area contributed by atoms with Crippen molar-refractivity contribution in [3.63, 3.8) is 0 Å². The first kappa shape index (κ1) is 13.1. The summed E-state index contributed by atoms with van der Waals surface area (Å²) in [6.07, 6.45) is 2.51. The quantitative estimate of drug-likeness (QED) is 0.867. The summed E-state index contributed by atoms with van der Waals surface area (Å²) >= 11 is 1.95. The highest BCUT2D eigenvalue weighted by molar-refractivity contribution is 7.12. The van der Waals surface area contributed by atoms with Crippen molar-refractivity contribution in [2.24, 2.45) is 5.92 Å². The van der Waals surface area contributed by atoms with Gasteiger partial charge in [-0.25, -0.2) is 0 Å². The highest BCUT2D eigenvalue weighted by Crippen LogP contribution is 2.24. The summed E-state index contributed by atoms with van der Waals surface area (Å²) in [6, 6.07) is 5.05. The van der Waals surface area contributed by atoms with Crippen LogP contribution in [0.4, 0.5) is 0 Å². The molecule has 0 aromatic carbocycles. The van der Waals surface area contributed by atoms with Gasteiger partial charge in [-0.1, -0.05) is 6.92 Å². The van der Waals surface area contributed by atoms with E-state index in [1.165, 1.54) is 29.3 Å². The number of nitrogens with zero attached hydrogens (tertiary/aromatic N) is 1. The Kier molecular flexibility index (Phi) is 4.60. The van der Waals surface area contributed by atoms with Crippen molar-refractivity contribution in [1.29, 1.82) is 0 Å². The van der Waals surface area contributed by atoms with E-state index in [0.29, 0.717) is 6.04 Å². The minimum atomic E-state index is 0.506. The average molecular weight is 252 g/mol. The second-order valence-electron chi connectivity index (χ2n) is 5.20. The summed E-state index contributed by atoms with van der Waals surface area (Å²) in [6.45, 7) is 8.18. The molecule has 0 radical (unpaired) electrons. The van der Waals surface area contributed by atoms with Gasteiger partial charge in [0, 0.05) is 22.3 Å². The summed E-state index contributed by atoms with van der Waals surface area (Å²) in [5.41, 5.74) is 0. The summed E-state index contributed by atoms with van der Waals surface area (Å²) in [5, 5.41) is 3.68. The number of hydrogen-bond donors (Lipinski definition) is 1. The minimum absolute atomic E-state index is 0.506. The predicted molar refractivity (Wildman–Crippen MR) is 75.7 cm³/mol. The first-order valence-electron chi connectivity index (χ1n) is 6.69. The standard InChI is InChI=1S/C14H24N2S/c1-4-13-5-6-14(17-13)11(2)15-9-12-7-8-16(3)10-12/h5-6,11-12,15H,4,7-10H2,1-3H3. The molecule has 1 N–H and O–H groups in total. The van der Waals surface area contributed by atoms with Crippen LogP contribution >= 0.6 is 11.3 Å². The molecule has 1 aromatic rings. The van der Waals surface area contributed by atoms with Crippen LogP contribution in [-0.4, -0.2) is 31.6 Å². The zero-order chi connectivity index (χ0) is 12.3. The van der Waals surface area contributed by atoms with Crippen LogP contribution < -0.4 is 5.32 Å². The Morgan fingerprint density at radius 1 is 1.53 bits per heavy atom. The summed E-state index contributed by atoms with van der Waals surface area (Å²) in [7, 11) is 2.22. The molecule has 96 valence electrons. The molecule has 2 heterocycles. The second kappa shape index (κ2) is 5.98. The molecule has 0 bridgehead atoms. The third-order valence-corrected chi connectivity index (χ3v) is 5.07. The van der Waals surface area contributed by atoms with Crippen LogP contribution in [-0.2, 0) is 6.42 Å². The Morgan fingerprint density at radius 2 is 2.35 bits per heavy atom. The molecule has 2 atom stereocenters. The summed E-state index contributed by atoms with van der Waals surface area (Å²) in [4.78, 5) is 5.40. The fraction of sp³-hybridized carbons (Fsp3) is 0.714. The zero-order valence-electron chi connectivity index (χ0n) is 11.2. The molecule has 2 unspecified atom stereocenters. The van der Waals surface area contributed by atoms with Crippen molar-refractivity contribution in [3.8, 4) is 0 Å². The van der Waals surface area contributed by atoms with Crippen LogP contribution in [0.2, 0.25) is 0 Å². The molecule has 2 nitrogen and oxygen atoms in total. The molecule has 1 aromatic heterocycles. The van der Waals surface area contributed by atoms with Crippen molar-refractivity contribution in [1.82, 2.24) is 10.2 Å². The third-order valence-electron chi connectivity index (χ3n) is 3.66. The molecule has 0 amide bonds. The molecule has 3 heteroatoms. The van der Waals surface area contributed by atoms with E-state index in [2.05, 4.69) is 43.2 Å². The second-order valence-corrected chi connectivity index (χ2v) is 6.40. The zero-order valence-corrected chi connectivity index (χ0v) is 12.0. The molecular formula is C14H24N2S. The first-order chi connectivity index (χ1) is 8.19. The number of likely N-dealkylation sites (tertiary alicyclic amines) is 1. The highest BCUT2D eigenvalue weighted by Gasteiger charge is 2.20. The van der Waals surface area contributed by atoms with Crippen LogP contribution in [0.25, 0.3) is 0 Å². The fourth-order valence-corrected chi connectivity index (χ4v) is 3.43. The first-order valence-corrected chi connectivity index (χ1v) is 7.51. The lowest BCUT2D eigenvalue weighted by Crippen LogP contribution is -2.27. The van der Waals surface area contributed by atoms with Gasteiger partial charge in [-0.05, 0) is 58.0 Å². The lowest BCUT2D eigenvalue weighted by molar-refractivity contribution is 0.382. The summed E-state index contributed by atoms with van der Waals surface area (Å²) < 4.78 is 0. The highest BCUT2D eigenvalue weighted by atomic mass is 32.1. The van der Waals surface area contributed by atoms with Gasteiger partial charge in [0.1, 0.15) is 0 Å².